The number of pyridine rings is 1. The molecule has 4 nitrogen and oxygen atoms in total. The first kappa shape index (κ1) is 11.6. The monoisotopic (exact) mass is 252 g/mol. The van der Waals surface area contributed by atoms with Gasteiger partial charge < -0.3 is 5.32 Å². The first-order chi connectivity index (χ1) is 9.20. The summed E-state index contributed by atoms with van der Waals surface area (Å²) >= 11 is 0. The summed E-state index contributed by atoms with van der Waals surface area (Å²) < 4.78 is 0. The lowest BCUT2D eigenvalue weighted by molar-refractivity contribution is -0.117. The van der Waals surface area contributed by atoms with E-state index in [4.69, 9.17) is 0 Å². The Morgan fingerprint density at radius 2 is 2.11 bits per heavy atom. The van der Waals surface area contributed by atoms with Gasteiger partial charge in [0.25, 0.3) is 0 Å². The van der Waals surface area contributed by atoms with E-state index in [0.717, 1.165) is 23.1 Å². The van der Waals surface area contributed by atoms with Crippen LogP contribution in [-0.4, -0.2) is 17.2 Å². The second kappa shape index (κ2) is 4.31. The van der Waals surface area contributed by atoms with E-state index in [-0.39, 0.29) is 11.8 Å². The van der Waals surface area contributed by atoms with Gasteiger partial charge in [0.05, 0.1) is 11.6 Å². The number of aromatic nitrogens is 1. The number of aldehydes is 1. The van der Waals surface area contributed by atoms with Gasteiger partial charge in [-0.05, 0) is 19.1 Å². The van der Waals surface area contributed by atoms with E-state index in [0.29, 0.717) is 11.3 Å². The molecule has 4 heteroatoms. The normalized spacial score (nSPS) is 16.9. The molecule has 0 bridgehead atoms. The smallest absolute Gasteiger partial charge is 0.233 e. The number of hydrogen-bond acceptors (Lipinski definition) is 3. The third-order valence-corrected chi connectivity index (χ3v) is 3.37. The van der Waals surface area contributed by atoms with Crippen molar-refractivity contribution in [2.24, 2.45) is 0 Å². The van der Waals surface area contributed by atoms with Crippen LogP contribution in [0.2, 0.25) is 0 Å². The van der Waals surface area contributed by atoms with Gasteiger partial charge in [0.15, 0.2) is 0 Å². The maximum absolute atomic E-state index is 12.1. The van der Waals surface area contributed by atoms with E-state index >= 15 is 0 Å². The number of carbonyl (C=O) groups excluding carboxylic acids is 2. The molecule has 0 spiro atoms. The molecule has 0 saturated carbocycles. The van der Waals surface area contributed by atoms with E-state index in [2.05, 4.69) is 10.3 Å². The van der Waals surface area contributed by atoms with Crippen LogP contribution in [0.5, 0.6) is 0 Å². The van der Waals surface area contributed by atoms with Crippen LogP contribution < -0.4 is 5.32 Å². The summed E-state index contributed by atoms with van der Waals surface area (Å²) in [6.07, 6.45) is 2.46. The van der Waals surface area contributed by atoms with E-state index < -0.39 is 0 Å². The largest absolute Gasteiger partial charge is 0.325 e. The zero-order chi connectivity index (χ0) is 13.4. The van der Waals surface area contributed by atoms with Crippen LogP contribution in [0.15, 0.2) is 36.5 Å². The van der Waals surface area contributed by atoms with Crippen LogP contribution in [-0.2, 0) is 4.79 Å². The van der Waals surface area contributed by atoms with Crippen LogP contribution in [0.1, 0.15) is 28.9 Å². The molecular weight excluding hydrogens is 240 g/mol. The van der Waals surface area contributed by atoms with Crippen molar-refractivity contribution >= 4 is 17.9 Å². The number of nitrogens with one attached hydrogen (secondary N) is 1. The minimum Gasteiger partial charge on any atom is -0.325 e. The number of benzene rings is 1. The molecule has 0 radical (unpaired) electrons. The highest BCUT2D eigenvalue weighted by Crippen LogP contribution is 2.37. The van der Waals surface area contributed by atoms with Crippen LogP contribution in [0.4, 0.5) is 5.69 Å². The SMILES string of the molecule is CC1C(=O)Nc2cc(C=O)ccc2-c2cccnc21. The van der Waals surface area contributed by atoms with Gasteiger partial charge in [-0.3, -0.25) is 14.6 Å². The number of carbonyl (C=O) groups is 2. The number of anilines is 1. The van der Waals surface area contributed by atoms with Crippen molar-refractivity contribution in [2.75, 3.05) is 5.32 Å². The summed E-state index contributed by atoms with van der Waals surface area (Å²) in [5.74, 6) is -0.426. The van der Waals surface area contributed by atoms with Crippen molar-refractivity contribution in [3.63, 3.8) is 0 Å². The third-order valence-electron chi connectivity index (χ3n) is 3.37. The van der Waals surface area contributed by atoms with Gasteiger partial charge in [0.2, 0.25) is 5.91 Å². The Labute approximate surface area is 110 Å². The fourth-order valence-electron chi connectivity index (χ4n) is 2.33. The summed E-state index contributed by atoms with van der Waals surface area (Å²) in [4.78, 5) is 27.3. The predicted molar refractivity (Wildman–Crippen MR) is 72.1 cm³/mol. The fraction of sp³-hybridized carbons (Fsp3) is 0.133. The Kier molecular flexibility index (Phi) is 2.63. The molecule has 1 unspecified atom stereocenters. The Morgan fingerprint density at radius 3 is 2.89 bits per heavy atom. The molecule has 0 fully saturated rings. The first-order valence-corrected chi connectivity index (χ1v) is 6.06. The van der Waals surface area contributed by atoms with Crippen LogP contribution in [0, 0.1) is 0 Å². The molecule has 2 heterocycles. The molecule has 2 aromatic rings. The van der Waals surface area contributed by atoms with E-state index in [9.17, 15) is 9.59 Å². The maximum Gasteiger partial charge on any atom is 0.233 e. The average molecular weight is 252 g/mol. The van der Waals surface area contributed by atoms with Crippen molar-refractivity contribution in [2.45, 2.75) is 12.8 Å². The lowest BCUT2D eigenvalue weighted by atomic mass is 9.97. The Bertz CT molecular complexity index is 680. The third kappa shape index (κ3) is 1.81. The van der Waals surface area contributed by atoms with Gasteiger partial charge >= 0.3 is 0 Å². The minimum absolute atomic E-state index is 0.109. The molecule has 94 valence electrons. The van der Waals surface area contributed by atoms with Crippen molar-refractivity contribution < 1.29 is 9.59 Å². The van der Waals surface area contributed by atoms with E-state index in [1.165, 1.54) is 0 Å². The number of amides is 1. The van der Waals surface area contributed by atoms with Gasteiger partial charge in [0, 0.05) is 28.6 Å². The summed E-state index contributed by atoms with van der Waals surface area (Å²) in [6, 6.07) is 9.06. The second-order valence-corrected chi connectivity index (χ2v) is 4.57. The molecule has 19 heavy (non-hydrogen) atoms. The van der Waals surface area contributed by atoms with Crippen molar-refractivity contribution in [3.8, 4) is 11.1 Å². The fourth-order valence-corrected chi connectivity index (χ4v) is 2.33. The van der Waals surface area contributed by atoms with Crippen LogP contribution >= 0.6 is 0 Å². The summed E-state index contributed by atoms with van der Waals surface area (Å²) in [5, 5.41) is 2.86. The number of fused-ring (bicyclic) bond motifs is 3. The topological polar surface area (TPSA) is 59.1 Å². The van der Waals surface area contributed by atoms with Crippen molar-refractivity contribution in [1.82, 2.24) is 4.98 Å². The van der Waals surface area contributed by atoms with Gasteiger partial charge in [-0.2, -0.15) is 0 Å². The summed E-state index contributed by atoms with van der Waals surface area (Å²) in [6.45, 7) is 1.83. The van der Waals surface area contributed by atoms with E-state index in [1.807, 2.05) is 25.1 Å². The van der Waals surface area contributed by atoms with Gasteiger partial charge in [-0.25, -0.2) is 0 Å². The van der Waals surface area contributed by atoms with E-state index in [1.54, 1.807) is 18.3 Å². The standard InChI is InChI=1S/C15H12N2O2/c1-9-14-12(3-2-6-16-14)11-5-4-10(8-18)7-13(11)17-15(9)19/h2-9H,1H3,(H,17,19). The number of hydrogen-bond donors (Lipinski definition) is 1. The quantitative estimate of drug-likeness (QED) is 0.794. The lowest BCUT2D eigenvalue weighted by Gasteiger charge is -2.09. The number of nitrogens with zero attached hydrogens (tertiary/aromatic N) is 1. The van der Waals surface area contributed by atoms with Crippen LogP contribution in [0.25, 0.3) is 11.1 Å². The maximum atomic E-state index is 12.1. The molecule has 0 saturated heterocycles. The average Bonchev–Trinajstić information content (AvgIpc) is 2.55. The minimum atomic E-state index is -0.316. The van der Waals surface area contributed by atoms with Gasteiger partial charge in [-0.1, -0.05) is 18.2 Å². The molecule has 1 amide bonds. The molecule has 1 aliphatic rings. The zero-order valence-electron chi connectivity index (χ0n) is 10.4. The molecule has 1 aliphatic heterocycles. The molecule has 1 N–H and O–H groups in total. The molecule has 1 atom stereocenters. The molecule has 1 aromatic carbocycles. The van der Waals surface area contributed by atoms with Gasteiger partial charge in [0.1, 0.15) is 6.29 Å². The molecule has 1 aromatic heterocycles. The Balaban J connectivity index is 2.29. The molecular formula is C15H12N2O2. The second-order valence-electron chi connectivity index (χ2n) is 4.57. The number of rotatable bonds is 1. The highest BCUT2D eigenvalue weighted by atomic mass is 16.1. The molecule has 3 rings (SSSR count). The highest BCUT2D eigenvalue weighted by Gasteiger charge is 2.26. The summed E-state index contributed by atoms with van der Waals surface area (Å²) in [7, 11) is 0. The van der Waals surface area contributed by atoms with Crippen molar-refractivity contribution in [1.29, 1.82) is 0 Å². The first-order valence-electron chi connectivity index (χ1n) is 6.06. The Morgan fingerprint density at radius 1 is 1.26 bits per heavy atom. The molecule has 0 aliphatic carbocycles. The van der Waals surface area contributed by atoms with Crippen LogP contribution in [0.3, 0.4) is 0 Å². The highest BCUT2D eigenvalue weighted by molar-refractivity contribution is 6.03. The van der Waals surface area contributed by atoms with Crippen molar-refractivity contribution in [3.05, 3.63) is 47.8 Å². The summed E-state index contributed by atoms with van der Waals surface area (Å²) in [5.41, 5.74) is 3.79. The lowest BCUT2D eigenvalue weighted by Crippen LogP contribution is -2.18. The van der Waals surface area contributed by atoms with Gasteiger partial charge in [-0.15, -0.1) is 0 Å². The Hall–Kier alpha value is -2.49. The predicted octanol–water partition coefficient (Wildman–Crippen LogP) is 2.62. The zero-order valence-corrected chi connectivity index (χ0v) is 10.4.